The molecule has 3 aromatic heterocycles. The first-order valence-corrected chi connectivity index (χ1v) is 12.3. The third kappa shape index (κ3) is 3.25. The van der Waals surface area contributed by atoms with E-state index in [9.17, 15) is 4.79 Å². The Balaban J connectivity index is 1.02. The summed E-state index contributed by atoms with van der Waals surface area (Å²) in [4.78, 5) is 16.7. The van der Waals surface area contributed by atoms with Crippen LogP contribution in [0.4, 0.5) is 20.8 Å². The van der Waals surface area contributed by atoms with Crippen molar-refractivity contribution < 1.29 is 13.9 Å². The number of nitrogens with zero attached hydrogens (tertiary/aromatic N) is 4. The summed E-state index contributed by atoms with van der Waals surface area (Å²) in [5.74, 6) is 2.13. The summed E-state index contributed by atoms with van der Waals surface area (Å²) in [6.45, 7) is 0. The van der Waals surface area contributed by atoms with E-state index in [0.29, 0.717) is 36.1 Å². The molecule has 3 heterocycles. The van der Waals surface area contributed by atoms with Crippen molar-refractivity contribution in [1.82, 2.24) is 30.1 Å². The molecule has 3 N–H and O–H groups in total. The summed E-state index contributed by atoms with van der Waals surface area (Å²) in [6, 6.07) is 3.90. The van der Waals surface area contributed by atoms with Crippen LogP contribution in [0.25, 0.3) is 5.52 Å². The Labute approximate surface area is 195 Å². The molecule has 8 rings (SSSR count). The Bertz CT molecular complexity index is 1230. The van der Waals surface area contributed by atoms with Gasteiger partial charge in [-0.25, -0.2) is 18.7 Å². The van der Waals surface area contributed by atoms with E-state index in [-0.39, 0.29) is 11.5 Å². The van der Waals surface area contributed by atoms with Crippen LogP contribution < -0.4 is 10.6 Å². The van der Waals surface area contributed by atoms with E-state index in [1.54, 1.807) is 6.20 Å². The highest BCUT2D eigenvalue weighted by Crippen LogP contribution is 2.57. The summed E-state index contributed by atoms with van der Waals surface area (Å²) in [5, 5.41) is 18.2. The number of nitrogens with one attached hydrogen (secondary N) is 3. The number of halogens is 1. The molecular weight excluding hydrogens is 437 g/mol. The Hall–Kier alpha value is -3.17. The summed E-state index contributed by atoms with van der Waals surface area (Å²) in [7, 11) is 0. The molecule has 34 heavy (non-hydrogen) atoms. The number of aromatic amines is 1. The van der Waals surface area contributed by atoms with Crippen LogP contribution in [0.3, 0.4) is 0 Å². The third-order valence-corrected chi connectivity index (χ3v) is 8.34. The Morgan fingerprint density at radius 1 is 1.21 bits per heavy atom. The first kappa shape index (κ1) is 20.2. The third-order valence-electron chi connectivity index (χ3n) is 8.34. The minimum atomic E-state index is -1.27. The van der Waals surface area contributed by atoms with E-state index in [1.807, 2.05) is 16.8 Å². The molecular formula is C24H28FN7O2. The summed E-state index contributed by atoms with van der Waals surface area (Å²) >= 11 is 0. The lowest BCUT2D eigenvalue weighted by molar-refractivity contribution is -0.0532. The molecule has 5 aliphatic rings. The number of H-pyrrole nitrogens is 1. The number of amides is 1. The van der Waals surface area contributed by atoms with Gasteiger partial charge in [-0.15, -0.1) is 0 Å². The maximum absolute atomic E-state index is 15.2. The monoisotopic (exact) mass is 465 g/mol. The molecule has 0 unspecified atom stereocenters. The number of fused-ring (bicyclic) bond motifs is 1. The van der Waals surface area contributed by atoms with Gasteiger partial charge in [-0.2, -0.15) is 10.2 Å². The van der Waals surface area contributed by atoms with E-state index in [1.165, 1.54) is 19.3 Å². The molecule has 9 nitrogen and oxygen atoms in total. The van der Waals surface area contributed by atoms with Gasteiger partial charge in [0.15, 0.2) is 11.6 Å². The number of aromatic nitrogens is 5. The lowest BCUT2D eigenvalue weighted by Crippen LogP contribution is -2.68. The van der Waals surface area contributed by atoms with Crippen LogP contribution in [0.15, 0.2) is 24.5 Å². The van der Waals surface area contributed by atoms with E-state index < -0.39 is 18.4 Å². The number of hydrogen-bond acceptors (Lipinski definition) is 6. The van der Waals surface area contributed by atoms with Crippen molar-refractivity contribution in [3.63, 3.8) is 0 Å². The SMILES string of the molecule is O=C(NC12CC(C1)C2)O[C@H]1CC[C@@H](c2cc(Nc3nccn4nc(C5CCC5)cc34)n[nH]2)[C@@H]1F. The molecule has 0 radical (unpaired) electrons. The Morgan fingerprint density at radius 3 is 2.79 bits per heavy atom. The Kier molecular flexibility index (Phi) is 4.41. The van der Waals surface area contributed by atoms with Gasteiger partial charge in [0.2, 0.25) is 0 Å². The standard InChI is InChI=1S/C24H28FN7O2/c25-21-15(4-5-19(21)34-23(33)28-24-10-13(11-24)12-24)17-9-20(30-29-17)27-22-18-8-16(14-2-1-3-14)31-32(18)7-6-26-22/h6-9,13-15,19,21H,1-5,10-12H2,(H,28,33)(H2,26,27,29,30)/t13?,15-,19-,21-,24?/m0/s1. The number of ether oxygens (including phenoxy) is 1. The van der Waals surface area contributed by atoms with Gasteiger partial charge in [0.1, 0.15) is 17.8 Å². The fraction of sp³-hybridized carbons (Fsp3) is 0.583. The number of alkyl halides is 1. The quantitative estimate of drug-likeness (QED) is 0.500. The van der Waals surface area contributed by atoms with Crippen LogP contribution in [-0.2, 0) is 4.74 Å². The zero-order chi connectivity index (χ0) is 22.9. The molecule has 178 valence electrons. The second kappa shape index (κ2) is 7.41. The molecule has 2 bridgehead atoms. The van der Waals surface area contributed by atoms with Crippen LogP contribution in [0.5, 0.6) is 0 Å². The zero-order valence-corrected chi connectivity index (χ0v) is 18.8. The van der Waals surface area contributed by atoms with Crippen LogP contribution in [0.1, 0.15) is 74.6 Å². The molecule has 5 fully saturated rings. The lowest BCUT2D eigenvalue weighted by Gasteiger charge is -2.61. The maximum atomic E-state index is 15.2. The average molecular weight is 466 g/mol. The normalized spacial score (nSPS) is 32.0. The van der Waals surface area contributed by atoms with Gasteiger partial charge in [-0.1, -0.05) is 6.42 Å². The molecule has 10 heteroatoms. The van der Waals surface area contributed by atoms with Crippen molar-refractivity contribution in [3.8, 4) is 0 Å². The minimum absolute atomic E-state index is 0.0689. The van der Waals surface area contributed by atoms with Crippen LogP contribution in [-0.4, -0.2) is 48.7 Å². The zero-order valence-electron chi connectivity index (χ0n) is 18.8. The summed E-state index contributed by atoms with van der Waals surface area (Å²) in [6.07, 6.45) is 8.86. The van der Waals surface area contributed by atoms with Crippen LogP contribution in [0.2, 0.25) is 0 Å². The van der Waals surface area contributed by atoms with Gasteiger partial charge in [-0.3, -0.25) is 5.10 Å². The number of alkyl carbamates (subject to hydrolysis) is 1. The smallest absolute Gasteiger partial charge is 0.407 e. The number of hydrogen-bond donors (Lipinski definition) is 3. The van der Waals surface area contributed by atoms with Crippen molar-refractivity contribution in [3.05, 3.63) is 35.9 Å². The highest BCUT2D eigenvalue weighted by atomic mass is 19.1. The van der Waals surface area contributed by atoms with Gasteiger partial charge >= 0.3 is 6.09 Å². The number of carbonyl (C=O) groups excluding carboxylic acids is 1. The van der Waals surface area contributed by atoms with Crippen LogP contribution >= 0.6 is 0 Å². The van der Waals surface area contributed by atoms with Crippen molar-refractivity contribution in [2.45, 2.75) is 81.0 Å². The van der Waals surface area contributed by atoms with Crippen molar-refractivity contribution >= 4 is 23.2 Å². The summed E-state index contributed by atoms with van der Waals surface area (Å²) in [5.41, 5.74) is 2.61. The van der Waals surface area contributed by atoms with Gasteiger partial charge in [-0.05, 0) is 56.9 Å². The van der Waals surface area contributed by atoms with Crippen molar-refractivity contribution in [2.75, 3.05) is 5.32 Å². The molecule has 1 amide bonds. The van der Waals surface area contributed by atoms with Gasteiger partial charge in [0.25, 0.3) is 0 Å². The predicted molar refractivity (Wildman–Crippen MR) is 122 cm³/mol. The molecule has 5 saturated carbocycles. The molecule has 0 aromatic carbocycles. The van der Waals surface area contributed by atoms with Gasteiger partial charge < -0.3 is 15.4 Å². The second-order valence-corrected chi connectivity index (χ2v) is 10.6. The fourth-order valence-electron chi connectivity index (χ4n) is 6.04. The molecule has 5 aliphatic carbocycles. The van der Waals surface area contributed by atoms with E-state index in [2.05, 4.69) is 31.9 Å². The summed E-state index contributed by atoms with van der Waals surface area (Å²) < 4.78 is 22.5. The average Bonchev–Trinajstić information content (AvgIpc) is 3.43. The molecule has 0 aliphatic heterocycles. The van der Waals surface area contributed by atoms with Gasteiger partial charge in [0.05, 0.1) is 5.69 Å². The van der Waals surface area contributed by atoms with E-state index in [4.69, 9.17) is 9.84 Å². The highest BCUT2D eigenvalue weighted by molar-refractivity contribution is 5.72. The fourth-order valence-corrected chi connectivity index (χ4v) is 6.04. The number of anilines is 2. The second-order valence-electron chi connectivity index (χ2n) is 10.6. The number of rotatable bonds is 6. The number of carbonyl (C=O) groups is 1. The molecule has 3 atom stereocenters. The van der Waals surface area contributed by atoms with Crippen LogP contribution in [0, 0.1) is 5.92 Å². The van der Waals surface area contributed by atoms with Gasteiger partial charge in [0, 0.05) is 41.5 Å². The molecule has 0 saturated heterocycles. The first-order chi connectivity index (χ1) is 16.6. The van der Waals surface area contributed by atoms with E-state index >= 15 is 4.39 Å². The van der Waals surface area contributed by atoms with E-state index in [0.717, 1.165) is 36.4 Å². The maximum Gasteiger partial charge on any atom is 0.407 e. The lowest BCUT2D eigenvalue weighted by atomic mass is 9.50. The minimum Gasteiger partial charge on any atom is -0.443 e. The Morgan fingerprint density at radius 2 is 2.06 bits per heavy atom. The topological polar surface area (TPSA) is 109 Å². The molecule has 0 spiro atoms. The predicted octanol–water partition coefficient (Wildman–Crippen LogP) is 4.33. The van der Waals surface area contributed by atoms with Crippen molar-refractivity contribution in [1.29, 1.82) is 0 Å². The highest BCUT2D eigenvalue weighted by Gasteiger charge is 2.58. The first-order valence-electron chi connectivity index (χ1n) is 12.3. The largest absolute Gasteiger partial charge is 0.443 e. The van der Waals surface area contributed by atoms with Crippen molar-refractivity contribution in [2.24, 2.45) is 5.92 Å². The molecule has 3 aromatic rings.